The molecule has 25 heavy (non-hydrogen) atoms. The van der Waals surface area contributed by atoms with Gasteiger partial charge in [0.2, 0.25) is 0 Å². The van der Waals surface area contributed by atoms with E-state index in [1.165, 1.54) is 75.3 Å². The largest absolute Gasteiger partial charge is 0.0654 e. The molecule has 0 nitrogen and oxygen atoms in total. The van der Waals surface area contributed by atoms with E-state index in [4.69, 9.17) is 0 Å². The Bertz CT molecular complexity index is 588. The van der Waals surface area contributed by atoms with E-state index in [2.05, 4.69) is 61.5 Å². The lowest BCUT2D eigenvalue weighted by atomic mass is 9.77. The third-order valence-electron chi connectivity index (χ3n) is 6.05. The van der Waals surface area contributed by atoms with Gasteiger partial charge in [0.05, 0.1) is 0 Å². The molecule has 1 fully saturated rings. The highest BCUT2D eigenvalue weighted by Crippen LogP contribution is 2.38. The Kier molecular flexibility index (Phi) is 7.15. The van der Waals surface area contributed by atoms with E-state index in [0.717, 1.165) is 11.8 Å². The molecule has 0 radical (unpaired) electrons. The van der Waals surface area contributed by atoms with Crippen molar-refractivity contribution in [2.24, 2.45) is 5.92 Å². The van der Waals surface area contributed by atoms with Crippen molar-refractivity contribution in [1.82, 2.24) is 0 Å². The molecule has 0 atom stereocenters. The average Bonchev–Trinajstić information content (AvgIpc) is 2.69. The Balaban J connectivity index is 1.45. The zero-order valence-electron chi connectivity index (χ0n) is 15.9. The second-order valence-electron chi connectivity index (χ2n) is 7.91. The van der Waals surface area contributed by atoms with Crippen LogP contribution in [0.15, 0.2) is 54.6 Å². The van der Waals surface area contributed by atoms with Crippen LogP contribution in [0.1, 0.15) is 82.6 Å². The van der Waals surface area contributed by atoms with Gasteiger partial charge >= 0.3 is 0 Å². The Morgan fingerprint density at radius 2 is 1.32 bits per heavy atom. The smallest absolute Gasteiger partial charge is 0.0162 e. The molecule has 1 aliphatic rings. The zero-order chi connectivity index (χ0) is 17.3. The molecule has 0 N–H and O–H groups in total. The van der Waals surface area contributed by atoms with Crippen LogP contribution >= 0.6 is 0 Å². The van der Waals surface area contributed by atoms with E-state index in [0.29, 0.717) is 0 Å². The molecule has 0 unspecified atom stereocenters. The Morgan fingerprint density at radius 3 is 2.00 bits per heavy atom. The molecule has 2 aromatic carbocycles. The van der Waals surface area contributed by atoms with Gasteiger partial charge in [0.25, 0.3) is 0 Å². The second-order valence-corrected chi connectivity index (χ2v) is 7.91. The summed E-state index contributed by atoms with van der Waals surface area (Å²) in [6.07, 6.45) is 14.3. The van der Waals surface area contributed by atoms with Crippen LogP contribution < -0.4 is 0 Å². The molecule has 1 saturated carbocycles. The average molecular weight is 335 g/mol. The summed E-state index contributed by atoms with van der Waals surface area (Å²) in [7, 11) is 0. The molecule has 134 valence electrons. The SMILES string of the molecule is CCCCCCCC1CCC(c2ccc(-c3ccccc3)cc2)CC1. The second kappa shape index (κ2) is 9.80. The molecule has 1 aliphatic carbocycles. The number of benzene rings is 2. The molecule has 0 heteroatoms. The molecule has 2 aromatic rings. The topological polar surface area (TPSA) is 0 Å². The lowest BCUT2D eigenvalue weighted by molar-refractivity contribution is 0.302. The van der Waals surface area contributed by atoms with Crippen molar-refractivity contribution in [2.45, 2.75) is 77.0 Å². The van der Waals surface area contributed by atoms with Gasteiger partial charge in [-0.25, -0.2) is 0 Å². The fraction of sp³-hybridized carbons (Fsp3) is 0.520. The van der Waals surface area contributed by atoms with E-state index in [-0.39, 0.29) is 0 Å². The van der Waals surface area contributed by atoms with Gasteiger partial charge in [0, 0.05) is 0 Å². The number of hydrogen-bond acceptors (Lipinski definition) is 0. The third kappa shape index (κ3) is 5.46. The van der Waals surface area contributed by atoms with Gasteiger partial charge in [0.15, 0.2) is 0 Å². The maximum Gasteiger partial charge on any atom is -0.0162 e. The van der Waals surface area contributed by atoms with Gasteiger partial charge in [-0.2, -0.15) is 0 Å². The first-order chi connectivity index (χ1) is 12.4. The standard InChI is InChI=1S/C25H34/c1-2-3-4-5-7-10-21-13-15-23(16-14-21)25-19-17-24(18-20-25)22-11-8-6-9-12-22/h6,8-9,11-12,17-21,23H,2-5,7,10,13-16H2,1H3. The van der Waals surface area contributed by atoms with Gasteiger partial charge in [-0.15, -0.1) is 0 Å². The van der Waals surface area contributed by atoms with Crippen molar-refractivity contribution in [3.63, 3.8) is 0 Å². The molecule has 0 aliphatic heterocycles. The predicted octanol–water partition coefficient (Wildman–Crippen LogP) is 7.99. The molecule has 3 rings (SSSR count). The highest BCUT2D eigenvalue weighted by atomic mass is 14.3. The lowest BCUT2D eigenvalue weighted by Crippen LogP contribution is -2.13. The van der Waals surface area contributed by atoms with E-state index >= 15 is 0 Å². The Labute approximate surface area is 154 Å². The Hall–Kier alpha value is -1.56. The van der Waals surface area contributed by atoms with Crippen molar-refractivity contribution >= 4 is 0 Å². The van der Waals surface area contributed by atoms with Crippen LogP contribution in [-0.2, 0) is 0 Å². The summed E-state index contributed by atoms with van der Waals surface area (Å²) in [6, 6.07) is 20.1. The molecule has 0 heterocycles. The minimum absolute atomic E-state index is 0.793. The molecule has 0 spiro atoms. The number of unbranched alkanes of at least 4 members (excludes halogenated alkanes) is 4. The normalized spacial score (nSPS) is 20.5. The summed E-state index contributed by atoms with van der Waals surface area (Å²) in [4.78, 5) is 0. The summed E-state index contributed by atoms with van der Waals surface area (Å²) in [5.74, 6) is 1.79. The van der Waals surface area contributed by atoms with Crippen molar-refractivity contribution in [1.29, 1.82) is 0 Å². The minimum Gasteiger partial charge on any atom is -0.0654 e. The van der Waals surface area contributed by atoms with Crippen LogP contribution in [0.25, 0.3) is 11.1 Å². The predicted molar refractivity (Wildman–Crippen MR) is 110 cm³/mol. The highest BCUT2D eigenvalue weighted by Gasteiger charge is 2.22. The molecular formula is C25H34. The molecule has 0 bridgehead atoms. The Morgan fingerprint density at radius 1 is 0.680 bits per heavy atom. The summed E-state index contributed by atoms with van der Waals surface area (Å²) >= 11 is 0. The van der Waals surface area contributed by atoms with Gasteiger partial charge in [-0.1, -0.05) is 100 Å². The van der Waals surface area contributed by atoms with E-state index in [9.17, 15) is 0 Å². The van der Waals surface area contributed by atoms with E-state index in [1.807, 2.05) is 0 Å². The monoisotopic (exact) mass is 334 g/mol. The van der Waals surface area contributed by atoms with Crippen molar-refractivity contribution in [2.75, 3.05) is 0 Å². The number of rotatable bonds is 8. The lowest BCUT2D eigenvalue weighted by Gasteiger charge is -2.29. The first kappa shape index (κ1) is 18.2. The van der Waals surface area contributed by atoms with Gasteiger partial charge < -0.3 is 0 Å². The molecule has 0 saturated heterocycles. The zero-order valence-corrected chi connectivity index (χ0v) is 15.9. The van der Waals surface area contributed by atoms with E-state index < -0.39 is 0 Å². The van der Waals surface area contributed by atoms with Crippen molar-refractivity contribution < 1.29 is 0 Å². The molecule has 0 amide bonds. The van der Waals surface area contributed by atoms with Crippen LogP contribution in [0.2, 0.25) is 0 Å². The van der Waals surface area contributed by atoms with Gasteiger partial charge in [-0.3, -0.25) is 0 Å². The van der Waals surface area contributed by atoms with Gasteiger partial charge in [-0.05, 0) is 54.2 Å². The quantitative estimate of drug-likeness (QED) is 0.429. The first-order valence-corrected chi connectivity index (χ1v) is 10.5. The fourth-order valence-electron chi connectivity index (χ4n) is 4.40. The summed E-state index contributed by atoms with van der Waals surface area (Å²) < 4.78 is 0. The summed E-state index contributed by atoms with van der Waals surface area (Å²) in [5, 5.41) is 0. The van der Waals surface area contributed by atoms with Gasteiger partial charge in [0.1, 0.15) is 0 Å². The van der Waals surface area contributed by atoms with Crippen LogP contribution in [0.3, 0.4) is 0 Å². The maximum absolute atomic E-state index is 2.37. The van der Waals surface area contributed by atoms with Crippen LogP contribution in [0.4, 0.5) is 0 Å². The summed E-state index contributed by atoms with van der Waals surface area (Å²) in [6.45, 7) is 2.30. The van der Waals surface area contributed by atoms with Crippen LogP contribution in [0.5, 0.6) is 0 Å². The number of hydrogen-bond donors (Lipinski definition) is 0. The van der Waals surface area contributed by atoms with Crippen molar-refractivity contribution in [3.8, 4) is 11.1 Å². The summed E-state index contributed by atoms with van der Waals surface area (Å²) in [5.41, 5.74) is 4.21. The highest BCUT2D eigenvalue weighted by molar-refractivity contribution is 5.63. The molecule has 0 aromatic heterocycles. The first-order valence-electron chi connectivity index (χ1n) is 10.5. The fourth-order valence-corrected chi connectivity index (χ4v) is 4.40. The third-order valence-corrected chi connectivity index (χ3v) is 6.05. The van der Waals surface area contributed by atoms with Crippen molar-refractivity contribution in [3.05, 3.63) is 60.2 Å². The van der Waals surface area contributed by atoms with Crippen LogP contribution in [0, 0.1) is 5.92 Å². The van der Waals surface area contributed by atoms with Crippen LogP contribution in [-0.4, -0.2) is 0 Å². The maximum atomic E-state index is 2.37. The molecular weight excluding hydrogens is 300 g/mol. The minimum atomic E-state index is 0.793. The van der Waals surface area contributed by atoms with E-state index in [1.54, 1.807) is 5.56 Å².